The maximum atomic E-state index is 13.7. The number of halogens is 1. The lowest BCUT2D eigenvalue weighted by atomic mass is 9.85. The summed E-state index contributed by atoms with van der Waals surface area (Å²) < 4.78 is 23.9. The third kappa shape index (κ3) is 7.46. The summed E-state index contributed by atoms with van der Waals surface area (Å²) >= 11 is 0. The van der Waals surface area contributed by atoms with Gasteiger partial charge in [0.15, 0.2) is 5.82 Å². The monoisotopic (exact) mass is 468 g/mol. The summed E-state index contributed by atoms with van der Waals surface area (Å²) in [4.78, 5) is 25.1. The molecule has 2 atom stereocenters. The van der Waals surface area contributed by atoms with Gasteiger partial charge in [0, 0.05) is 5.39 Å². The molecule has 1 unspecified atom stereocenters. The van der Waals surface area contributed by atoms with Gasteiger partial charge in [0.1, 0.15) is 17.3 Å². The minimum Gasteiger partial charge on any atom is -0.394 e. The number of amides is 2. The van der Waals surface area contributed by atoms with Crippen molar-refractivity contribution in [1.29, 1.82) is 0 Å². The summed E-state index contributed by atoms with van der Waals surface area (Å²) in [5.74, 6) is -1.72. The Morgan fingerprint density at radius 1 is 1.24 bits per heavy atom. The van der Waals surface area contributed by atoms with Crippen LogP contribution in [-0.2, 0) is 14.3 Å². The van der Waals surface area contributed by atoms with Gasteiger partial charge < -0.3 is 30.3 Å². The van der Waals surface area contributed by atoms with Crippen LogP contribution < -0.4 is 10.6 Å². The molecule has 33 heavy (non-hydrogen) atoms. The van der Waals surface area contributed by atoms with E-state index in [1.807, 2.05) is 6.92 Å². The molecule has 1 saturated heterocycles. The number of nitrogens with zero attached hydrogens (tertiary/aromatic N) is 1. The topological polar surface area (TPSA) is 146 Å². The molecule has 1 aliphatic rings. The molecule has 2 aromatic rings. The van der Waals surface area contributed by atoms with Gasteiger partial charge in [-0.1, -0.05) is 32.9 Å². The van der Waals surface area contributed by atoms with E-state index in [0.29, 0.717) is 11.5 Å². The number of carbonyl (C=O) groups excluding carboxylic acids is 2. The zero-order valence-electron chi connectivity index (χ0n) is 19.4. The second-order valence-corrected chi connectivity index (χ2v) is 8.83. The molecule has 0 saturated carbocycles. The van der Waals surface area contributed by atoms with Crippen molar-refractivity contribution < 1.29 is 33.7 Å². The van der Waals surface area contributed by atoms with Crippen LogP contribution >= 0.6 is 0 Å². The SMILES string of the molecule is CC(C)(C)C(NC(=O)c1[nH]nc2c(F)cccc12)C(=O)NC(CO)CO.C[C@@H]1COCCO1. The lowest BCUT2D eigenvalue weighted by Crippen LogP contribution is -2.56. The van der Waals surface area contributed by atoms with E-state index >= 15 is 0 Å². The third-order valence-electron chi connectivity index (χ3n) is 4.94. The first-order valence-electron chi connectivity index (χ1n) is 10.7. The molecule has 1 aromatic carbocycles. The Balaban J connectivity index is 0.000000468. The number of aromatic nitrogens is 2. The number of nitrogens with one attached hydrogen (secondary N) is 3. The molecular weight excluding hydrogens is 435 g/mol. The lowest BCUT2D eigenvalue weighted by Gasteiger charge is -2.31. The third-order valence-corrected chi connectivity index (χ3v) is 4.94. The fourth-order valence-electron chi connectivity index (χ4n) is 3.09. The fourth-order valence-corrected chi connectivity index (χ4v) is 3.09. The van der Waals surface area contributed by atoms with Crippen LogP contribution in [0.15, 0.2) is 18.2 Å². The molecule has 0 aliphatic carbocycles. The van der Waals surface area contributed by atoms with Gasteiger partial charge in [-0.25, -0.2) is 4.39 Å². The van der Waals surface area contributed by atoms with Gasteiger partial charge >= 0.3 is 0 Å². The smallest absolute Gasteiger partial charge is 0.270 e. The zero-order chi connectivity index (χ0) is 24.6. The Labute approximate surface area is 191 Å². The highest BCUT2D eigenvalue weighted by molar-refractivity contribution is 6.06. The van der Waals surface area contributed by atoms with E-state index in [9.17, 15) is 14.0 Å². The fraction of sp³-hybridized carbons (Fsp3) is 0.591. The van der Waals surface area contributed by atoms with Crippen LogP contribution in [0, 0.1) is 11.2 Å². The molecule has 1 aromatic heterocycles. The Morgan fingerprint density at radius 2 is 1.94 bits per heavy atom. The Morgan fingerprint density at radius 3 is 2.45 bits per heavy atom. The second kappa shape index (κ2) is 12.0. The summed E-state index contributed by atoms with van der Waals surface area (Å²) in [5.41, 5.74) is -0.575. The molecule has 2 amide bonds. The number of fused-ring (bicyclic) bond motifs is 1. The van der Waals surface area contributed by atoms with Gasteiger partial charge in [-0.3, -0.25) is 14.7 Å². The first kappa shape index (κ1) is 26.7. The number of hydrogen-bond acceptors (Lipinski definition) is 7. The molecule has 3 rings (SSSR count). The van der Waals surface area contributed by atoms with Crippen molar-refractivity contribution in [3.63, 3.8) is 0 Å². The first-order chi connectivity index (χ1) is 15.6. The van der Waals surface area contributed by atoms with Gasteiger partial charge in [-0.2, -0.15) is 5.10 Å². The molecule has 0 spiro atoms. The quantitative estimate of drug-likeness (QED) is 0.420. The van der Waals surface area contributed by atoms with Gasteiger partial charge in [-0.05, 0) is 18.4 Å². The van der Waals surface area contributed by atoms with Crippen LogP contribution in [0.1, 0.15) is 38.2 Å². The average molecular weight is 469 g/mol. The van der Waals surface area contributed by atoms with Crippen LogP contribution in [0.4, 0.5) is 4.39 Å². The molecule has 2 heterocycles. The summed E-state index contributed by atoms with van der Waals surface area (Å²) in [6, 6.07) is 2.47. The van der Waals surface area contributed by atoms with E-state index in [-0.39, 0.29) is 11.2 Å². The normalized spacial score (nSPS) is 17.3. The standard InChI is InChI=1S/C17H23FN4O4.C5H10O2/c1-17(2,3)14(16(26)19-9(7-23)8-24)20-15(25)13-10-5-4-6-11(18)12(10)21-22-13;1-5-4-6-2-3-7-5/h4-6,9,14,23-24H,7-8H2,1-3H3,(H,19,26)(H,20,25)(H,21,22);5H,2-4H2,1H3/t;5-/m.1/s1. The highest BCUT2D eigenvalue weighted by Gasteiger charge is 2.34. The summed E-state index contributed by atoms with van der Waals surface area (Å²) in [6.07, 6.45) is 0.314. The molecule has 10 nitrogen and oxygen atoms in total. The average Bonchev–Trinajstić information content (AvgIpc) is 3.21. The predicted octanol–water partition coefficient (Wildman–Crippen LogP) is 0.738. The maximum absolute atomic E-state index is 13.7. The number of aliphatic hydroxyl groups is 2. The number of benzene rings is 1. The van der Waals surface area contributed by atoms with Gasteiger partial charge in [0.2, 0.25) is 5.91 Å². The molecular formula is C22H33FN4O6. The van der Waals surface area contributed by atoms with E-state index in [2.05, 4.69) is 20.8 Å². The molecule has 0 bridgehead atoms. The number of para-hydroxylation sites is 1. The number of carbonyl (C=O) groups is 2. The van der Waals surface area contributed by atoms with Gasteiger partial charge in [0.05, 0.1) is 45.2 Å². The van der Waals surface area contributed by atoms with Crippen LogP contribution in [0.2, 0.25) is 0 Å². The van der Waals surface area contributed by atoms with Crippen LogP contribution in [0.5, 0.6) is 0 Å². The van der Waals surface area contributed by atoms with E-state index in [0.717, 1.165) is 19.8 Å². The van der Waals surface area contributed by atoms with Crippen molar-refractivity contribution in [1.82, 2.24) is 20.8 Å². The molecule has 184 valence electrons. The van der Waals surface area contributed by atoms with E-state index in [1.54, 1.807) is 26.8 Å². The number of aromatic amines is 1. The highest BCUT2D eigenvalue weighted by atomic mass is 19.1. The van der Waals surface area contributed by atoms with Gasteiger partial charge in [0.25, 0.3) is 5.91 Å². The molecule has 11 heteroatoms. The number of aliphatic hydroxyl groups excluding tert-OH is 2. The van der Waals surface area contributed by atoms with E-state index in [4.69, 9.17) is 19.7 Å². The lowest BCUT2D eigenvalue weighted by molar-refractivity contribution is -0.126. The van der Waals surface area contributed by atoms with Crippen LogP contribution in [0.25, 0.3) is 10.9 Å². The van der Waals surface area contributed by atoms with Gasteiger partial charge in [-0.15, -0.1) is 0 Å². The van der Waals surface area contributed by atoms with E-state index in [1.165, 1.54) is 12.1 Å². The molecule has 0 radical (unpaired) electrons. The number of hydrogen-bond donors (Lipinski definition) is 5. The van der Waals surface area contributed by atoms with Crippen molar-refractivity contribution in [2.45, 2.75) is 45.9 Å². The van der Waals surface area contributed by atoms with Crippen molar-refractivity contribution in [2.75, 3.05) is 33.0 Å². The van der Waals surface area contributed by atoms with Crippen molar-refractivity contribution >= 4 is 22.7 Å². The Hall–Kier alpha value is -2.60. The molecule has 5 N–H and O–H groups in total. The zero-order valence-corrected chi connectivity index (χ0v) is 19.4. The minimum absolute atomic E-state index is 0.0371. The Kier molecular flexibility index (Phi) is 9.71. The number of H-pyrrole nitrogens is 1. The highest BCUT2D eigenvalue weighted by Crippen LogP contribution is 2.22. The van der Waals surface area contributed by atoms with Crippen LogP contribution in [-0.4, -0.2) is 83.4 Å². The predicted molar refractivity (Wildman–Crippen MR) is 119 cm³/mol. The van der Waals surface area contributed by atoms with Crippen LogP contribution in [0.3, 0.4) is 0 Å². The number of rotatable bonds is 6. The number of ether oxygens (including phenoxy) is 2. The van der Waals surface area contributed by atoms with E-state index < -0.39 is 48.3 Å². The Bertz CT molecular complexity index is 919. The van der Waals surface area contributed by atoms with Crippen molar-refractivity contribution in [3.05, 3.63) is 29.7 Å². The molecule has 1 aliphatic heterocycles. The summed E-state index contributed by atoms with van der Waals surface area (Å²) in [5, 5.41) is 30.0. The second-order valence-electron chi connectivity index (χ2n) is 8.83. The summed E-state index contributed by atoms with van der Waals surface area (Å²) in [6.45, 7) is 8.72. The first-order valence-corrected chi connectivity index (χ1v) is 10.7. The largest absolute Gasteiger partial charge is 0.394 e. The van der Waals surface area contributed by atoms with Crippen molar-refractivity contribution in [2.24, 2.45) is 5.41 Å². The van der Waals surface area contributed by atoms with Crippen molar-refractivity contribution in [3.8, 4) is 0 Å². The molecule has 1 fully saturated rings. The maximum Gasteiger partial charge on any atom is 0.270 e. The summed E-state index contributed by atoms with van der Waals surface area (Å²) in [7, 11) is 0. The minimum atomic E-state index is -0.956.